The highest BCUT2D eigenvalue weighted by molar-refractivity contribution is 9.10. The summed E-state index contributed by atoms with van der Waals surface area (Å²) in [6.07, 6.45) is -0.245. The van der Waals surface area contributed by atoms with Gasteiger partial charge in [0, 0.05) is 0 Å². The third-order valence-corrected chi connectivity index (χ3v) is 1.77. The number of halogens is 1. The van der Waals surface area contributed by atoms with Crippen molar-refractivity contribution in [3.8, 4) is 0 Å². The lowest BCUT2D eigenvalue weighted by molar-refractivity contribution is 0.889. The average Bonchev–Trinajstić information content (AvgIpc) is 2.31. The van der Waals surface area contributed by atoms with Crippen LogP contribution in [0.4, 0.5) is 5.82 Å². The normalized spacial score (nSPS) is 14.5. The zero-order valence-electron chi connectivity index (χ0n) is 8.30. The summed E-state index contributed by atoms with van der Waals surface area (Å²) in [5.74, 6) is 0.0363. The van der Waals surface area contributed by atoms with Crippen LogP contribution >= 0.6 is 15.9 Å². The van der Waals surface area contributed by atoms with Gasteiger partial charge in [-0.15, -0.1) is 0 Å². The average molecular weight is 216 g/mol. The number of nitrogen functional groups attached to an aromatic ring is 1. The minimum Gasteiger partial charge on any atom is -0.382 e. The SMILES string of the molecule is [2H]c1nc(N)c2c([2H])c([2H])c(Br)n2n1. The van der Waals surface area contributed by atoms with Gasteiger partial charge in [0.15, 0.2) is 5.82 Å². The van der Waals surface area contributed by atoms with E-state index >= 15 is 0 Å². The maximum Gasteiger partial charge on any atom is 0.151 e. The molecule has 0 aliphatic carbocycles. The summed E-state index contributed by atoms with van der Waals surface area (Å²) in [7, 11) is 0. The molecule has 2 aromatic rings. The summed E-state index contributed by atoms with van der Waals surface area (Å²) in [5, 5.41) is 3.72. The predicted molar refractivity (Wildman–Crippen MR) is 45.1 cm³/mol. The number of hydrogen-bond acceptors (Lipinski definition) is 3. The molecule has 0 radical (unpaired) electrons. The smallest absolute Gasteiger partial charge is 0.151 e. The summed E-state index contributed by atoms with van der Waals surface area (Å²) in [6, 6.07) is -0.0639. The second-order valence-corrected chi connectivity index (χ2v) is 2.65. The van der Waals surface area contributed by atoms with Crippen molar-refractivity contribution in [1.82, 2.24) is 14.6 Å². The van der Waals surface area contributed by atoms with Crippen molar-refractivity contribution >= 4 is 27.3 Å². The van der Waals surface area contributed by atoms with E-state index in [0.717, 1.165) is 0 Å². The highest BCUT2D eigenvalue weighted by atomic mass is 79.9. The molecule has 0 fully saturated rings. The lowest BCUT2D eigenvalue weighted by Gasteiger charge is -1.95. The summed E-state index contributed by atoms with van der Waals surface area (Å²) in [6.45, 7) is 0. The lowest BCUT2D eigenvalue weighted by Crippen LogP contribution is -1.98. The molecule has 0 saturated heterocycles. The van der Waals surface area contributed by atoms with Gasteiger partial charge in [0.1, 0.15) is 17.8 Å². The van der Waals surface area contributed by atoms with Crippen LogP contribution in [0.1, 0.15) is 4.11 Å². The molecule has 2 rings (SSSR count). The van der Waals surface area contributed by atoms with Crippen LogP contribution in [0.25, 0.3) is 5.52 Å². The van der Waals surface area contributed by atoms with Gasteiger partial charge in [0.05, 0.1) is 2.74 Å². The van der Waals surface area contributed by atoms with E-state index in [9.17, 15) is 0 Å². The molecule has 2 heterocycles. The highest BCUT2D eigenvalue weighted by Gasteiger charge is 2.01. The van der Waals surface area contributed by atoms with Crippen molar-refractivity contribution in [1.29, 1.82) is 0 Å². The van der Waals surface area contributed by atoms with Crippen LogP contribution in [-0.4, -0.2) is 14.6 Å². The molecular formula is C6H5BrN4. The Kier molecular flexibility index (Phi) is 0.811. The van der Waals surface area contributed by atoms with Gasteiger partial charge in [-0.2, -0.15) is 5.10 Å². The monoisotopic (exact) mass is 215 g/mol. The number of anilines is 1. The van der Waals surface area contributed by atoms with Crippen molar-refractivity contribution in [2.24, 2.45) is 0 Å². The number of aromatic nitrogens is 3. The first-order valence-corrected chi connectivity index (χ1v) is 3.59. The van der Waals surface area contributed by atoms with Crippen LogP contribution in [0, 0.1) is 0 Å². The third-order valence-electron chi connectivity index (χ3n) is 1.24. The van der Waals surface area contributed by atoms with E-state index in [2.05, 4.69) is 26.0 Å². The Balaban J connectivity index is 3.02. The Hall–Kier alpha value is -1.10. The topological polar surface area (TPSA) is 56.2 Å². The second-order valence-electron chi connectivity index (χ2n) is 1.90. The van der Waals surface area contributed by atoms with E-state index in [1.807, 2.05) is 0 Å². The fourth-order valence-corrected chi connectivity index (χ4v) is 1.11. The van der Waals surface area contributed by atoms with Crippen LogP contribution in [0.15, 0.2) is 23.0 Å². The zero-order valence-corrected chi connectivity index (χ0v) is 6.88. The van der Waals surface area contributed by atoms with Crippen LogP contribution in [0.3, 0.4) is 0 Å². The molecule has 56 valence electrons. The van der Waals surface area contributed by atoms with Crippen molar-refractivity contribution in [2.45, 2.75) is 0 Å². The van der Waals surface area contributed by atoms with Gasteiger partial charge in [0.2, 0.25) is 0 Å². The Morgan fingerprint density at radius 3 is 3.27 bits per heavy atom. The van der Waals surface area contributed by atoms with Crippen molar-refractivity contribution < 1.29 is 4.11 Å². The summed E-state index contributed by atoms with van der Waals surface area (Å²) < 4.78 is 23.8. The Morgan fingerprint density at radius 2 is 2.45 bits per heavy atom. The molecule has 0 saturated carbocycles. The van der Waals surface area contributed by atoms with E-state index in [1.54, 1.807) is 0 Å². The predicted octanol–water partition coefficient (Wildman–Crippen LogP) is 1.07. The molecule has 0 aliphatic rings. The van der Waals surface area contributed by atoms with Crippen LogP contribution in [-0.2, 0) is 0 Å². The van der Waals surface area contributed by atoms with Crippen molar-refractivity contribution in [3.05, 3.63) is 23.0 Å². The number of nitrogens with two attached hydrogens (primary N) is 1. The highest BCUT2D eigenvalue weighted by Crippen LogP contribution is 2.16. The van der Waals surface area contributed by atoms with E-state index in [0.29, 0.717) is 4.60 Å². The van der Waals surface area contributed by atoms with Gasteiger partial charge in [-0.05, 0) is 28.0 Å². The fraction of sp³-hybridized carbons (Fsp3) is 0. The molecule has 0 unspecified atom stereocenters. The third kappa shape index (κ3) is 0.883. The first kappa shape index (κ1) is 4.06. The molecule has 0 bridgehead atoms. The summed E-state index contributed by atoms with van der Waals surface area (Å²) in [4.78, 5) is 3.61. The standard InChI is InChI=1S/C6H5BrN4/c7-5-2-1-4-6(8)9-3-10-11(4)5/h1-3H,(H2,8,9,10)/i1D,2D,3D. The number of fused-ring (bicyclic) bond motifs is 1. The zero-order chi connectivity index (χ0) is 10.5. The van der Waals surface area contributed by atoms with E-state index < -0.39 is 0 Å². The maximum atomic E-state index is 7.56. The van der Waals surface area contributed by atoms with Crippen molar-refractivity contribution in [2.75, 3.05) is 5.73 Å². The first-order valence-electron chi connectivity index (χ1n) is 4.30. The molecule has 0 aromatic carbocycles. The second kappa shape index (κ2) is 2.20. The molecule has 0 spiro atoms. The van der Waals surface area contributed by atoms with Gasteiger partial charge < -0.3 is 5.73 Å². The van der Waals surface area contributed by atoms with E-state index in [-0.39, 0.29) is 29.7 Å². The Labute approximate surface area is 75.4 Å². The van der Waals surface area contributed by atoms with Gasteiger partial charge in [-0.3, -0.25) is 0 Å². The summed E-state index contributed by atoms with van der Waals surface area (Å²) in [5.41, 5.74) is 5.77. The molecule has 0 amide bonds. The lowest BCUT2D eigenvalue weighted by atomic mass is 10.5. The Bertz CT molecular complexity index is 524. The van der Waals surface area contributed by atoms with E-state index in [1.165, 1.54) is 4.52 Å². The molecule has 0 atom stereocenters. The molecule has 4 nitrogen and oxygen atoms in total. The molecule has 2 aromatic heterocycles. The largest absolute Gasteiger partial charge is 0.382 e. The maximum absolute atomic E-state index is 7.56. The molecular weight excluding hydrogens is 208 g/mol. The number of hydrogen-bond donors (Lipinski definition) is 1. The van der Waals surface area contributed by atoms with Gasteiger partial charge in [-0.1, -0.05) is 0 Å². The molecule has 2 N–H and O–H groups in total. The Morgan fingerprint density at radius 1 is 1.64 bits per heavy atom. The minimum absolute atomic E-state index is 0.0170. The fourth-order valence-electron chi connectivity index (χ4n) is 0.755. The quantitative estimate of drug-likeness (QED) is 0.716. The van der Waals surface area contributed by atoms with Crippen molar-refractivity contribution in [3.63, 3.8) is 0 Å². The molecule has 0 aliphatic heterocycles. The van der Waals surface area contributed by atoms with Crippen LogP contribution in [0.5, 0.6) is 0 Å². The summed E-state index contributed by atoms with van der Waals surface area (Å²) >= 11 is 3.10. The van der Waals surface area contributed by atoms with E-state index in [4.69, 9.17) is 9.85 Å². The van der Waals surface area contributed by atoms with Gasteiger partial charge >= 0.3 is 0 Å². The number of nitrogens with zero attached hydrogens (tertiary/aromatic N) is 3. The molecule has 5 heteroatoms. The van der Waals surface area contributed by atoms with Crippen LogP contribution in [0.2, 0.25) is 0 Å². The van der Waals surface area contributed by atoms with Gasteiger partial charge in [0.25, 0.3) is 0 Å². The molecule has 11 heavy (non-hydrogen) atoms. The van der Waals surface area contributed by atoms with Crippen LogP contribution < -0.4 is 5.73 Å². The minimum atomic E-state index is -0.245. The van der Waals surface area contributed by atoms with Gasteiger partial charge in [-0.25, -0.2) is 9.50 Å². The number of rotatable bonds is 0. The first-order chi connectivity index (χ1) is 6.52.